The molecule has 2 heteroatoms. The van der Waals surface area contributed by atoms with Crippen LogP contribution in [0, 0.1) is 19.8 Å². The van der Waals surface area contributed by atoms with E-state index in [0.29, 0.717) is 0 Å². The first-order valence-electron chi connectivity index (χ1n) is 6.52. The van der Waals surface area contributed by atoms with Crippen molar-refractivity contribution in [1.29, 1.82) is 0 Å². The topological polar surface area (TPSA) is 27.8 Å². The number of aromatic amines is 1. The molecule has 1 aromatic heterocycles. The second kappa shape index (κ2) is 4.19. The minimum absolute atomic E-state index is 0.813. The van der Waals surface area contributed by atoms with Gasteiger partial charge < -0.3 is 10.3 Å². The number of H-pyrrole nitrogens is 1. The molecule has 1 saturated heterocycles. The van der Waals surface area contributed by atoms with Gasteiger partial charge in [-0.1, -0.05) is 11.6 Å². The normalized spacial score (nSPS) is 20.2. The summed E-state index contributed by atoms with van der Waals surface area (Å²) >= 11 is 0. The first kappa shape index (κ1) is 10.8. The minimum atomic E-state index is 0.813. The van der Waals surface area contributed by atoms with Crippen LogP contribution in [0.4, 0.5) is 0 Å². The van der Waals surface area contributed by atoms with Crippen LogP contribution in [0.2, 0.25) is 0 Å². The molecule has 0 bridgehead atoms. The molecule has 17 heavy (non-hydrogen) atoms. The monoisotopic (exact) mass is 228 g/mol. The molecule has 90 valence electrons. The molecule has 0 saturated carbocycles. The SMILES string of the molecule is Cc1ccc2[nH]c(C)c(CC3CCNC3)c2c1. The van der Waals surface area contributed by atoms with Crippen LogP contribution in [0.5, 0.6) is 0 Å². The Morgan fingerprint density at radius 2 is 2.18 bits per heavy atom. The lowest BCUT2D eigenvalue weighted by molar-refractivity contribution is 0.580. The lowest BCUT2D eigenvalue weighted by Gasteiger charge is -2.08. The van der Waals surface area contributed by atoms with E-state index >= 15 is 0 Å². The van der Waals surface area contributed by atoms with Crippen molar-refractivity contribution in [3.8, 4) is 0 Å². The van der Waals surface area contributed by atoms with Gasteiger partial charge in [0.1, 0.15) is 0 Å². The van der Waals surface area contributed by atoms with Crippen LogP contribution in [0.25, 0.3) is 10.9 Å². The van der Waals surface area contributed by atoms with Gasteiger partial charge in [0.05, 0.1) is 0 Å². The number of nitrogens with one attached hydrogen (secondary N) is 2. The van der Waals surface area contributed by atoms with Crippen LogP contribution >= 0.6 is 0 Å². The summed E-state index contributed by atoms with van der Waals surface area (Å²) in [6.45, 7) is 6.73. The van der Waals surface area contributed by atoms with Crippen LogP contribution in [-0.2, 0) is 6.42 Å². The number of aromatic nitrogens is 1. The van der Waals surface area contributed by atoms with Crippen LogP contribution in [0.3, 0.4) is 0 Å². The lowest BCUT2D eigenvalue weighted by atomic mass is 9.96. The fourth-order valence-electron chi connectivity index (χ4n) is 2.94. The summed E-state index contributed by atoms with van der Waals surface area (Å²) in [4.78, 5) is 3.51. The highest BCUT2D eigenvalue weighted by atomic mass is 14.9. The maximum Gasteiger partial charge on any atom is 0.0459 e. The number of rotatable bonds is 2. The third kappa shape index (κ3) is 1.98. The Morgan fingerprint density at radius 1 is 1.29 bits per heavy atom. The fourth-order valence-corrected chi connectivity index (χ4v) is 2.94. The molecule has 1 aromatic carbocycles. The van der Waals surface area contributed by atoms with Crippen LogP contribution in [0.15, 0.2) is 18.2 Å². The van der Waals surface area contributed by atoms with Crippen molar-refractivity contribution in [1.82, 2.24) is 10.3 Å². The molecule has 2 nitrogen and oxygen atoms in total. The largest absolute Gasteiger partial charge is 0.358 e. The van der Waals surface area contributed by atoms with Gasteiger partial charge in [-0.25, -0.2) is 0 Å². The maximum atomic E-state index is 3.51. The molecule has 1 unspecified atom stereocenters. The van der Waals surface area contributed by atoms with Gasteiger partial charge in [0.25, 0.3) is 0 Å². The molecule has 2 aromatic rings. The molecule has 2 N–H and O–H groups in total. The molecule has 1 fully saturated rings. The highest BCUT2D eigenvalue weighted by Crippen LogP contribution is 2.27. The molecule has 1 aliphatic heterocycles. The predicted octanol–water partition coefficient (Wildman–Crippen LogP) is 2.94. The number of benzene rings is 1. The number of hydrogen-bond donors (Lipinski definition) is 2. The Kier molecular flexibility index (Phi) is 2.67. The molecular formula is C15H20N2. The summed E-state index contributed by atoms with van der Waals surface area (Å²) in [5.74, 6) is 0.813. The fraction of sp³-hybridized carbons (Fsp3) is 0.467. The molecule has 3 rings (SSSR count). The van der Waals surface area contributed by atoms with E-state index < -0.39 is 0 Å². The molecule has 0 radical (unpaired) electrons. The summed E-state index contributed by atoms with van der Waals surface area (Å²) in [5, 5.41) is 4.88. The summed E-state index contributed by atoms with van der Waals surface area (Å²) in [6, 6.07) is 6.70. The maximum absolute atomic E-state index is 3.51. The van der Waals surface area contributed by atoms with Crippen molar-refractivity contribution in [2.24, 2.45) is 5.92 Å². The zero-order valence-corrected chi connectivity index (χ0v) is 10.6. The zero-order chi connectivity index (χ0) is 11.8. The van der Waals surface area contributed by atoms with E-state index in [1.54, 1.807) is 0 Å². The van der Waals surface area contributed by atoms with E-state index in [4.69, 9.17) is 0 Å². The van der Waals surface area contributed by atoms with E-state index in [1.165, 1.54) is 53.7 Å². The van der Waals surface area contributed by atoms with Crippen molar-refractivity contribution in [3.63, 3.8) is 0 Å². The van der Waals surface area contributed by atoms with Crippen molar-refractivity contribution in [2.45, 2.75) is 26.7 Å². The average Bonchev–Trinajstić information content (AvgIpc) is 2.90. The van der Waals surface area contributed by atoms with E-state index in [2.05, 4.69) is 42.3 Å². The first-order chi connectivity index (χ1) is 8.24. The standard InChI is InChI=1S/C15H20N2/c1-10-3-4-15-14(7-10)13(11(2)17-15)8-12-5-6-16-9-12/h3-4,7,12,16-17H,5-6,8-9H2,1-2H3. The molecule has 0 aliphatic carbocycles. The van der Waals surface area contributed by atoms with Gasteiger partial charge in [0.2, 0.25) is 0 Å². The highest BCUT2D eigenvalue weighted by Gasteiger charge is 2.18. The summed E-state index contributed by atoms with van der Waals surface area (Å²) in [6.07, 6.45) is 2.53. The Balaban J connectivity index is 2.01. The smallest absolute Gasteiger partial charge is 0.0459 e. The van der Waals surface area contributed by atoms with Gasteiger partial charge in [-0.3, -0.25) is 0 Å². The summed E-state index contributed by atoms with van der Waals surface area (Å²) in [7, 11) is 0. The van der Waals surface area contributed by atoms with Crippen molar-refractivity contribution in [3.05, 3.63) is 35.0 Å². The van der Waals surface area contributed by atoms with Crippen molar-refractivity contribution >= 4 is 10.9 Å². The van der Waals surface area contributed by atoms with Crippen LogP contribution in [-0.4, -0.2) is 18.1 Å². The Hall–Kier alpha value is -1.28. The summed E-state index contributed by atoms with van der Waals surface area (Å²) in [5.41, 5.74) is 5.51. The van der Waals surface area contributed by atoms with Gasteiger partial charge in [-0.15, -0.1) is 0 Å². The van der Waals surface area contributed by atoms with E-state index in [1.807, 2.05) is 0 Å². The number of fused-ring (bicyclic) bond motifs is 1. The minimum Gasteiger partial charge on any atom is -0.358 e. The molecular weight excluding hydrogens is 208 g/mol. The quantitative estimate of drug-likeness (QED) is 0.812. The number of hydrogen-bond acceptors (Lipinski definition) is 1. The lowest BCUT2D eigenvalue weighted by Crippen LogP contribution is -2.11. The third-order valence-electron chi connectivity index (χ3n) is 3.93. The van der Waals surface area contributed by atoms with Crippen molar-refractivity contribution < 1.29 is 0 Å². The summed E-state index contributed by atoms with van der Waals surface area (Å²) < 4.78 is 0. The van der Waals surface area contributed by atoms with Gasteiger partial charge in [-0.05, 0) is 63.4 Å². The van der Waals surface area contributed by atoms with E-state index in [9.17, 15) is 0 Å². The van der Waals surface area contributed by atoms with Crippen LogP contribution in [0.1, 0.15) is 23.2 Å². The average molecular weight is 228 g/mol. The van der Waals surface area contributed by atoms with Crippen LogP contribution < -0.4 is 5.32 Å². The zero-order valence-electron chi connectivity index (χ0n) is 10.6. The Labute approximate surface area is 102 Å². The molecule has 0 amide bonds. The number of aryl methyl sites for hydroxylation is 2. The predicted molar refractivity (Wildman–Crippen MR) is 72.5 cm³/mol. The molecule has 1 atom stereocenters. The molecule has 1 aliphatic rings. The Bertz CT molecular complexity index is 533. The van der Waals surface area contributed by atoms with E-state index in [-0.39, 0.29) is 0 Å². The molecule has 0 spiro atoms. The van der Waals surface area contributed by atoms with Gasteiger partial charge in [0.15, 0.2) is 0 Å². The van der Waals surface area contributed by atoms with Gasteiger partial charge in [0, 0.05) is 16.6 Å². The second-order valence-electron chi connectivity index (χ2n) is 5.34. The second-order valence-corrected chi connectivity index (χ2v) is 5.34. The van der Waals surface area contributed by atoms with Gasteiger partial charge in [-0.2, -0.15) is 0 Å². The van der Waals surface area contributed by atoms with Gasteiger partial charge >= 0.3 is 0 Å². The highest BCUT2D eigenvalue weighted by molar-refractivity contribution is 5.85. The Morgan fingerprint density at radius 3 is 2.94 bits per heavy atom. The third-order valence-corrected chi connectivity index (χ3v) is 3.93. The van der Waals surface area contributed by atoms with Crippen molar-refractivity contribution in [2.75, 3.05) is 13.1 Å². The van der Waals surface area contributed by atoms with E-state index in [0.717, 1.165) is 5.92 Å². The molecule has 2 heterocycles. The first-order valence-corrected chi connectivity index (χ1v) is 6.52.